The number of halogens is 1. The molecule has 4 rings (SSSR count). The van der Waals surface area contributed by atoms with E-state index in [4.69, 9.17) is 16.3 Å². The Hall–Kier alpha value is -2.80. The van der Waals surface area contributed by atoms with Crippen molar-refractivity contribution < 1.29 is 4.74 Å². The van der Waals surface area contributed by atoms with Gasteiger partial charge in [-0.2, -0.15) is 10.2 Å². The number of nitrogens with zero attached hydrogens (tertiary/aromatic N) is 4. The van der Waals surface area contributed by atoms with Gasteiger partial charge >= 0.3 is 0 Å². The molecule has 0 aliphatic carbocycles. The van der Waals surface area contributed by atoms with Crippen LogP contribution in [0.2, 0.25) is 5.02 Å². The van der Waals surface area contributed by atoms with Gasteiger partial charge in [0.1, 0.15) is 16.9 Å². The largest absolute Gasteiger partial charge is 0.488 e. The Morgan fingerprint density at radius 3 is 3.00 bits per heavy atom. The molecule has 27 heavy (non-hydrogen) atoms. The van der Waals surface area contributed by atoms with E-state index in [1.807, 2.05) is 47.9 Å². The number of rotatable bonds is 4. The first-order valence-corrected chi connectivity index (χ1v) is 9.14. The van der Waals surface area contributed by atoms with Crippen LogP contribution >= 0.6 is 11.6 Å². The van der Waals surface area contributed by atoms with Gasteiger partial charge in [0.2, 0.25) is 0 Å². The van der Waals surface area contributed by atoms with Gasteiger partial charge in [-0.1, -0.05) is 23.7 Å². The number of H-pyrrole nitrogens is 1. The Kier molecular flexibility index (Phi) is 4.61. The molecule has 1 saturated heterocycles. The Morgan fingerprint density at radius 2 is 2.22 bits per heavy atom. The van der Waals surface area contributed by atoms with E-state index in [2.05, 4.69) is 21.4 Å². The van der Waals surface area contributed by atoms with Crippen molar-refractivity contribution in [2.24, 2.45) is 7.05 Å². The van der Waals surface area contributed by atoms with Crippen LogP contribution in [0, 0.1) is 6.92 Å². The Morgan fingerprint density at radius 1 is 1.37 bits per heavy atom. The second-order valence-corrected chi connectivity index (χ2v) is 7.08. The molecule has 0 radical (unpaired) electrons. The Balaban J connectivity index is 1.49. The SMILES string of the molecule is Cc1nn(C)cc1-c1cccc(O[C@@H]2CCN(c3cn[nH]c(=O)c3Cl)C2)c1. The van der Waals surface area contributed by atoms with Crippen molar-refractivity contribution in [3.63, 3.8) is 0 Å². The fourth-order valence-electron chi connectivity index (χ4n) is 3.45. The first kappa shape index (κ1) is 17.6. The van der Waals surface area contributed by atoms with Gasteiger partial charge in [-0.3, -0.25) is 9.48 Å². The van der Waals surface area contributed by atoms with Crippen molar-refractivity contribution in [3.05, 3.63) is 57.7 Å². The summed E-state index contributed by atoms with van der Waals surface area (Å²) in [6.45, 7) is 3.41. The molecule has 0 spiro atoms. The summed E-state index contributed by atoms with van der Waals surface area (Å²) in [5.41, 5.74) is 3.43. The van der Waals surface area contributed by atoms with Crippen LogP contribution in [0.25, 0.3) is 11.1 Å². The van der Waals surface area contributed by atoms with Crippen LogP contribution in [-0.2, 0) is 7.05 Å². The first-order chi connectivity index (χ1) is 13.0. The zero-order valence-electron chi connectivity index (χ0n) is 15.1. The lowest BCUT2D eigenvalue weighted by Gasteiger charge is -2.19. The van der Waals surface area contributed by atoms with Crippen molar-refractivity contribution in [2.75, 3.05) is 18.0 Å². The Bertz CT molecular complexity index is 1030. The molecule has 8 heteroatoms. The number of hydrogen-bond donors (Lipinski definition) is 1. The molecule has 2 aromatic heterocycles. The number of ether oxygens (including phenoxy) is 1. The predicted molar refractivity (Wildman–Crippen MR) is 104 cm³/mol. The molecular formula is C19H20ClN5O2. The third-order valence-electron chi connectivity index (χ3n) is 4.72. The van der Waals surface area contributed by atoms with Crippen LogP contribution in [0.5, 0.6) is 5.75 Å². The van der Waals surface area contributed by atoms with Gasteiger partial charge < -0.3 is 9.64 Å². The molecule has 140 valence electrons. The highest BCUT2D eigenvalue weighted by atomic mass is 35.5. The molecule has 0 amide bonds. The molecule has 1 aliphatic heterocycles. The molecule has 0 saturated carbocycles. The van der Waals surface area contributed by atoms with Gasteiger partial charge in [-0.25, -0.2) is 5.10 Å². The lowest BCUT2D eigenvalue weighted by atomic mass is 10.1. The van der Waals surface area contributed by atoms with Crippen LogP contribution in [0.15, 0.2) is 41.5 Å². The predicted octanol–water partition coefficient (Wildman–Crippen LogP) is 2.79. The highest BCUT2D eigenvalue weighted by molar-refractivity contribution is 6.33. The summed E-state index contributed by atoms with van der Waals surface area (Å²) in [5.74, 6) is 0.817. The van der Waals surface area contributed by atoms with Gasteiger partial charge in [-0.15, -0.1) is 0 Å². The van der Waals surface area contributed by atoms with E-state index in [1.165, 1.54) is 0 Å². The van der Waals surface area contributed by atoms with E-state index < -0.39 is 0 Å². The quantitative estimate of drug-likeness (QED) is 0.747. The lowest BCUT2D eigenvalue weighted by Crippen LogP contribution is -2.26. The number of aryl methyl sites for hydroxylation is 2. The van der Waals surface area contributed by atoms with Crippen molar-refractivity contribution in [2.45, 2.75) is 19.4 Å². The number of benzene rings is 1. The third kappa shape index (κ3) is 3.55. The summed E-state index contributed by atoms with van der Waals surface area (Å²) >= 11 is 6.11. The second kappa shape index (κ2) is 7.08. The normalized spacial score (nSPS) is 16.7. The molecule has 1 atom stereocenters. The molecule has 7 nitrogen and oxygen atoms in total. The minimum absolute atomic E-state index is 0.0191. The maximum absolute atomic E-state index is 11.7. The highest BCUT2D eigenvalue weighted by Crippen LogP contribution is 2.29. The minimum Gasteiger partial charge on any atom is -0.488 e. The van der Waals surface area contributed by atoms with Crippen molar-refractivity contribution >= 4 is 17.3 Å². The summed E-state index contributed by atoms with van der Waals surface area (Å²) in [6.07, 6.45) is 4.45. The molecule has 1 aliphatic rings. The average molecular weight is 386 g/mol. The van der Waals surface area contributed by atoms with Gasteiger partial charge in [-0.05, 0) is 24.6 Å². The molecule has 3 aromatic rings. The lowest BCUT2D eigenvalue weighted by molar-refractivity contribution is 0.225. The second-order valence-electron chi connectivity index (χ2n) is 6.70. The monoisotopic (exact) mass is 385 g/mol. The smallest absolute Gasteiger partial charge is 0.285 e. The van der Waals surface area contributed by atoms with Gasteiger partial charge in [0.15, 0.2) is 0 Å². The van der Waals surface area contributed by atoms with Crippen LogP contribution < -0.4 is 15.2 Å². The van der Waals surface area contributed by atoms with E-state index in [0.717, 1.165) is 35.5 Å². The number of anilines is 1. The summed E-state index contributed by atoms with van der Waals surface area (Å²) in [5, 5.41) is 10.8. The summed E-state index contributed by atoms with van der Waals surface area (Å²) in [6, 6.07) is 8.04. The number of nitrogens with one attached hydrogen (secondary N) is 1. The van der Waals surface area contributed by atoms with E-state index in [-0.39, 0.29) is 16.7 Å². The van der Waals surface area contributed by atoms with Crippen molar-refractivity contribution in [3.8, 4) is 16.9 Å². The molecule has 3 heterocycles. The summed E-state index contributed by atoms with van der Waals surface area (Å²) < 4.78 is 8.00. The van der Waals surface area contributed by atoms with Gasteiger partial charge in [0.05, 0.1) is 24.1 Å². The molecular weight excluding hydrogens is 366 g/mol. The van der Waals surface area contributed by atoms with Crippen molar-refractivity contribution in [1.82, 2.24) is 20.0 Å². The summed E-state index contributed by atoms with van der Waals surface area (Å²) in [7, 11) is 1.92. The zero-order valence-corrected chi connectivity index (χ0v) is 15.9. The number of aromatic amines is 1. The highest BCUT2D eigenvalue weighted by Gasteiger charge is 2.26. The molecule has 1 N–H and O–H groups in total. The fraction of sp³-hybridized carbons (Fsp3) is 0.316. The fourth-order valence-corrected chi connectivity index (χ4v) is 3.66. The molecule has 0 bridgehead atoms. The number of aromatic nitrogens is 4. The third-order valence-corrected chi connectivity index (χ3v) is 5.09. The van der Waals surface area contributed by atoms with Gasteiger partial charge in [0, 0.05) is 31.8 Å². The number of hydrogen-bond acceptors (Lipinski definition) is 5. The summed E-state index contributed by atoms with van der Waals surface area (Å²) in [4.78, 5) is 13.7. The molecule has 0 unspecified atom stereocenters. The minimum atomic E-state index is -0.377. The topological polar surface area (TPSA) is 76.0 Å². The van der Waals surface area contributed by atoms with Crippen LogP contribution in [-0.4, -0.2) is 39.2 Å². The van der Waals surface area contributed by atoms with E-state index in [1.54, 1.807) is 6.20 Å². The molecule has 1 aromatic carbocycles. The zero-order chi connectivity index (χ0) is 19.0. The maximum atomic E-state index is 11.7. The van der Waals surface area contributed by atoms with Crippen LogP contribution in [0.1, 0.15) is 12.1 Å². The van der Waals surface area contributed by atoms with Crippen molar-refractivity contribution in [1.29, 1.82) is 0 Å². The molecule has 1 fully saturated rings. The maximum Gasteiger partial charge on any atom is 0.285 e. The average Bonchev–Trinajstić information content (AvgIpc) is 3.23. The van der Waals surface area contributed by atoms with Crippen LogP contribution in [0.4, 0.5) is 5.69 Å². The first-order valence-electron chi connectivity index (χ1n) is 8.77. The van der Waals surface area contributed by atoms with Crippen LogP contribution in [0.3, 0.4) is 0 Å². The van der Waals surface area contributed by atoms with E-state index in [0.29, 0.717) is 12.2 Å². The standard InChI is InChI=1S/C19H20ClN5O2/c1-12-16(11-24(2)23-12)13-4-3-5-14(8-13)27-15-6-7-25(10-15)17-9-21-22-19(26)18(17)20/h3-5,8-9,11,15H,6-7,10H2,1-2H3,(H,22,26)/t15-/m1/s1. The van der Waals surface area contributed by atoms with E-state index >= 15 is 0 Å². The van der Waals surface area contributed by atoms with E-state index in [9.17, 15) is 4.79 Å². The Labute approximate surface area is 161 Å². The van der Waals surface area contributed by atoms with Gasteiger partial charge in [0.25, 0.3) is 5.56 Å².